The van der Waals surface area contributed by atoms with Crippen molar-refractivity contribution in [1.29, 1.82) is 5.26 Å². The molecule has 0 amide bonds. The summed E-state index contributed by atoms with van der Waals surface area (Å²) in [5.74, 6) is 1.69. The molecule has 1 atom stereocenters. The lowest BCUT2D eigenvalue weighted by Gasteiger charge is -2.28. The van der Waals surface area contributed by atoms with Crippen LogP contribution in [0.5, 0.6) is 5.75 Å². The fraction of sp³-hybridized carbons (Fsp3) is 0.240. The lowest BCUT2D eigenvalue weighted by molar-refractivity contribution is 0.255. The summed E-state index contributed by atoms with van der Waals surface area (Å²) in [6, 6.07) is 12.0. The minimum Gasteiger partial charge on any atom is -0.493 e. The second kappa shape index (κ2) is 7.92. The predicted octanol–water partition coefficient (Wildman–Crippen LogP) is 4.50. The van der Waals surface area contributed by atoms with Crippen LogP contribution in [-0.4, -0.2) is 35.7 Å². The van der Waals surface area contributed by atoms with Crippen LogP contribution in [0.15, 0.2) is 48.9 Å². The fourth-order valence-corrected chi connectivity index (χ4v) is 4.62. The summed E-state index contributed by atoms with van der Waals surface area (Å²) < 4.78 is 23.9. The summed E-state index contributed by atoms with van der Waals surface area (Å²) in [7, 11) is 0. The van der Waals surface area contributed by atoms with Gasteiger partial charge < -0.3 is 9.30 Å². The lowest BCUT2D eigenvalue weighted by Crippen LogP contribution is -2.22. The van der Waals surface area contributed by atoms with Crippen molar-refractivity contribution in [2.75, 3.05) is 6.61 Å². The number of benzene rings is 2. The second-order valence-electron chi connectivity index (χ2n) is 8.29. The molecule has 1 aliphatic rings. The smallest absolute Gasteiger partial charge is 0.237 e. The van der Waals surface area contributed by atoms with Crippen molar-refractivity contribution in [3.63, 3.8) is 0 Å². The van der Waals surface area contributed by atoms with Gasteiger partial charge in [0, 0.05) is 18.4 Å². The Morgan fingerprint density at radius 3 is 2.91 bits per heavy atom. The van der Waals surface area contributed by atoms with Crippen LogP contribution in [0.25, 0.3) is 28.1 Å². The van der Waals surface area contributed by atoms with Gasteiger partial charge in [0.1, 0.15) is 29.2 Å². The van der Waals surface area contributed by atoms with E-state index in [2.05, 4.69) is 27.5 Å². The van der Waals surface area contributed by atoms with E-state index in [1.54, 1.807) is 41.4 Å². The number of fused-ring (bicyclic) bond motifs is 3. The molecule has 1 aliphatic heterocycles. The van der Waals surface area contributed by atoms with Gasteiger partial charge in [0.25, 0.3) is 0 Å². The minimum atomic E-state index is -0.302. The monoisotopic (exact) mass is 453 g/mol. The molecule has 8 nitrogen and oxygen atoms in total. The number of imidazole rings is 2. The van der Waals surface area contributed by atoms with Gasteiger partial charge in [0.05, 0.1) is 41.5 Å². The molecule has 0 N–H and O–H groups in total. The highest BCUT2D eigenvalue weighted by molar-refractivity contribution is 5.79. The molecule has 0 aliphatic carbocycles. The second-order valence-corrected chi connectivity index (χ2v) is 8.29. The Kier molecular flexibility index (Phi) is 4.73. The number of rotatable bonds is 4. The zero-order valence-corrected chi connectivity index (χ0v) is 18.4. The van der Waals surface area contributed by atoms with Crippen LogP contribution in [0.4, 0.5) is 4.39 Å². The SMILES string of the molecule is CCCc1nc2cnc(-n3cnc4ccc(C#N)cc43)nc2n1C1CCOc2ccc(F)cc21. The highest BCUT2D eigenvalue weighted by atomic mass is 19.1. The first-order chi connectivity index (χ1) is 16.7. The molecule has 34 heavy (non-hydrogen) atoms. The molecule has 5 aromatic rings. The average molecular weight is 453 g/mol. The summed E-state index contributed by atoms with van der Waals surface area (Å²) in [4.78, 5) is 18.7. The Hall–Kier alpha value is -4.32. The topological polar surface area (TPSA) is 94.4 Å². The van der Waals surface area contributed by atoms with Crippen molar-refractivity contribution >= 4 is 22.2 Å². The summed E-state index contributed by atoms with van der Waals surface area (Å²) >= 11 is 0. The van der Waals surface area contributed by atoms with Gasteiger partial charge >= 0.3 is 0 Å². The maximum absolute atomic E-state index is 14.2. The molecule has 2 aromatic carbocycles. The van der Waals surface area contributed by atoms with E-state index in [1.165, 1.54) is 12.1 Å². The van der Waals surface area contributed by atoms with E-state index in [0.717, 1.165) is 35.3 Å². The Morgan fingerprint density at radius 2 is 2.06 bits per heavy atom. The molecule has 0 bridgehead atoms. The molecular formula is C25H20FN7O. The number of halogens is 1. The van der Waals surface area contributed by atoms with Crippen molar-refractivity contribution in [2.24, 2.45) is 0 Å². The van der Waals surface area contributed by atoms with Crippen molar-refractivity contribution in [3.8, 4) is 17.8 Å². The van der Waals surface area contributed by atoms with Crippen LogP contribution >= 0.6 is 0 Å². The largest absolute Gasteiger partial charge is 0.493 e. The average Bonchev–Trinajstić information content (AvgIpc) is 3.44. The standard InChI is InChI=1S/C25H20FN7O/c1-2-3-23-30-19-13-28-25(32-14-29-18-6-4-15(12-27)10-21(18)32)31-24(19)33(23)20-8-9-34-22-7-5-16(26)11-17(20)22/h4-7,10-11,13-14,20H,2-3,8-9H2,1H3. The molecule has 3 aromatic heterocycles. The molecule has 0 radical (unpaired) electrons. The minimum absolute atomic E-state index is 0.154. The maximum Gasteiger partial charge on any atom is 0.237 e. The first kappa shape index (κ1) is 20.3. The third-order valence-corrected chi connectivity index (χ3v) is 6.15. The zero-order valence-electron chi connectivity index (χ0n) is 18.4. The van der Waals surface area contributed by atoms with E-state index < -0.39 is 0 Å². The van der Waals surface area contributed by atoms with Crippen LogP contribution in [0.1, 0.15) is 42.8 Å². The van der Waals surface area contributed by atoms with Crippen molar-refractivity contribution in [1.82, 2.24) is 29.1 Å². The molecular weight excluding hydrogens is 433 g/mol. The van der Waals surface area contributed by atoms with E-state index in [9.17, 15) is 9.65 Å². The number of aromatic nitrogens is 6. The zero-order chi connectivity index (χ0) is 23.2. The fourth-order valence-electron chi connectivity index (χ4n) is 4.62. The lowest BCUT2D eigenvalue weighted by atomic mass is 9.99. The molecule has 0 fully saturated rings. The van der Waals surface area contributed by atoms with Crippen molar-refractivity contribution in [2.45, 2.75) is 32.2 Å². The van der Waals surface area contributed by atoms with Gasteiger partial charge in [-0.1, -0.05) is 6.92 Å². The quantitative estimate of drug-likeness (QED) is 0.398. The number of hydrogen-bond acceptors (Lipinski definition) is 6. The number of nitriles is 1. The van der Waals surface area contributed by atoms with Gasteiger partial charge in [-0.05, 0) is 42.8 Å². The number of ether oxygens (including phenoxy) is 1. The van der Waals surface area contributed by atoms with Gasteiger partial charge in [-0.3, -0.25) is 4.57 Å². The van der Waals surface area contributed by atoms with Crippen LogP contribution in [-0.2, 0) is 6.42 Å². The summed E-state index contributed by atoms with van der Waals surface area (Å²) in [6.07, 6.45) is 5.70. The molecule has 0 saturated carbocycles. The third-order valence-electron chi connectivity index (χ3n) is 6.15. The summed E-state index contributed by atoms with van der Waals surface area (Å²) in [5.41, 5.74) is 4.17. The van der Waals surface area contributed by atoms with Crippen LogP contribution in [0.2, 0.25) is 0 Å². The van der Waals surface area contributed by atoms with Crippen LogP contribution in [0.3, 0.4) is 0 Å². The Bertz CT molecular complexity index is 1600. The highest BCUT2D eigenvalue weighted by Gasteiger charge is 2.28. The Labute approximate surface area is 194 Å². The van der Waals surface area contributed by atoms with E-state index in [4.69, 9.17) is 14.7 Å². The van der Waals surface area contributed by atoms with E-state index in [0.29, 0.717) is 41.5 Å². The predicted molar refractivity (Wildman–Crippen MR) is 123 cm³/mol. The Balaban J connectivity index is 1.56. The van der Waals surface area contributed by atoms with Gasteiger partial charge in [-0.2, -0.15) is 10.2 Å². The number of aryl methyl sites for hydroxylation is 1. The summed E-state index contributed by atoms with van der Waals surface area (Å²) in [5, 5.41) is 9.31. The number of nitrogens with zero attached hydrogens (tertiary/aromatic N) is 7. The molecule has 4 heterocycles. The molecule has 0 spiro atoms. The van der Waals surface area contributed by atoms with Gasteiger partial charge in [-0.25, -0.2) is 19.3 Å². The maximum atomic E-state index is 14.2. The van der Waals surface area contributed by atoms with Crippen LogP contribution < -0.4 is 4.74 Å². The van der Waals surface area contributed by atoms with E-state index in [-0.39, 0.29) is 11.9 Å². The normalized spacial score (nSPS) is 15.3. The molecule has 168 valence electrons. The van der Waals surface area contributed by atoms with Gasteiger partial charge in [-0.15, -0.1) is 0 Å². The van der Waals surface area contributed by atoms with E-state index >= 15 is 0 Å². The first-order valence-electron chi connectivity index (χ1n) is 11.2. The third kappa shape index (κ3) is 3.18. The molecule has 0 saturated heterocycles. The van der Waals surface area contributed by atoms with Crippen molar-refractivity contribution in [3.05, 3.63) is 71.7 Å². The van der Waals surface area contributed by atoms with Gasteiger partial charge in [0.15, 0.2) is 5.65 Å². The Morgan fingerprint density at radius 1 is 1.15 bits per heavy atom. The number of hydrogen-bond donors (Lipinski definition) is 0. The van der Waals surface area contributed by atoms with Crippen molar-refractivity contribution < 1.29 is 9.13 Å². The summed E-state index contributed by atoms with van der Waals surface area (Å²) in [6.45, 7) is 2.62. The molecule has 1 unspecified atom stereocenters. The van der Waals surface area contributed by atoms with Crippen LogP contribution in [0, 0.1) is 17.1 Å². The van der Waals surface area contributed by atoms with Gasteiger partial charge in [0.2, 0.25) is 5.95 Å². The first-order valence-corrected chi connectivity index (χ1v) is 11.2. The molecule has 9 heteroatoms. The molecule has 6 rings (SSSR count). The highest BCUT2D eigenvalue weighted by Crippen LogP contribution is 2.37. The van der Waals surface area contributed by atoms with E-state index in [1.807, 2.05) is 0 Å².